The van der Waals surface area contributed by atoms with Gasteiger partial charge in [-0.25, -0.2) is 0 Å². The lowest BCUT2D eigenvalue weighted by Gasteiger charge is -2.41. The summed E-state index contributed by atoms with van der Waals surface area (Å²) in [6, 6.07) is 0. The minimum absolute atomic E-state index is 0.539. The molecule has 0 aromatic carbocycles. The summed E-state index contributed by atoms with van der Waals surface area (Å²) < 4.78 is 0. The van der Waals surface area contributed by atoms with Crippen molar-refractivity contribution in [1.29, 1.82) is 0 Å². The van der Waals surface area contributed by atoms with Gasteiger partial charge >= 0.3 is 0 Å². The molecule has 0 unspecified atom stereocenters. The molecule has 68 valence electrons. The maximum Gasteiger partial charge on any atom is 0.0703 e. The zero-order chi connectivity index (χ0) is 8.60. The van der Waals surface area contributed by atoms with Crippen LogP contribution in [0.25, 0.3) is 0 Å². The van der Waals surface area contributed by atoms with Gasteiger partial charge in [-0.05, 0) is 31.6 Å². The Morgan fingerprint density at radius 1 is 1.50 bits per heavy atom. The topological polar surface area (TPSA) is 52.8 Å². The van der Waals surface area contributed by atoms with Crippen LogP contribution < -0.4 is 0 Å². The fraction of sp³-hybridized carbons (Fsp3) is 0.889. The average Bonchev–Trinajstić information content (AvgIpc) is 2.02. The third-order valence-electron chi connectivity index (χ3n) is 3.12. The largest absolute Gasteiger partial charge is 0.411 e. The molecule has 2 N–H and O–H groups in total. The van der Waals surface area contributed by atoms with Crippen molar-refractivity contribution in [3.63, 3.8) is 0 Å². The number of rotatable bonds is 0. The molecule has 0 heterocycles. The van der Waals surface area contributed by atoms with E-state index in [-0.39, 0.29) is 0 Å². The second-order valence-electron chi connectivity index (χ2n) is 4.23. The van der Waals surface area contributed by atoms with E-state index in [0.717, 1.165) is 31.4 Å². The number of fused-ring (bicyclic) bond motifs is 2. The van der Waals surface area contributed by atoms with Crippen LogP contribution in [0.2, 0.25) is 0 Å². The molecule has 0 amide bonds. The quantitative estimate of drug-likeness (QED) is 0.427. The highest BCUT2D eigenvalue weighted by Crippen LogP contribution is 2.41. The van der Waals surface area contributed by atoms with Crippen LogP contribution in [-0.4, -0.2) is 21.6 Å². The summed E-state index contributed by atoms with van der Waals surface area (Å²) in [6.45, 7) is 0. The molecule has 0 saturated heterocycles. The summed E-state index contributed by atoms with van der Waals surface area (Å²) in [4.78, 5) is 0. The molecule has 3 heteroatoms. The average molecular weight is 169 g/mol. The maximum atomic E-state index is 10.0. The highest BCUT2D eigenvalue weighted by Gasteiger charge is 2.40. The van der Waals surface area contributed by atoms with Gasteiger partial charge in [-0.2, -0.15) is 0 Å². The number of hydrogen-bond acceptors (Lipinski definition) is 3. The van der Waals surface area contributed by atoms with Gasteiger partial charge in [0, 0.05) is 6.42 Å². The lowest BCUT2D eigenvalue weighted by atomic mass is 9.68. The summed E-state index contributed by atoms with van der Waals surface area (Å²) in [7, 11) is 0. The van der Waals surface area contributed by atoms with Gasteiger partial charge < -0.3 is 10.3 Å². The molecule has 12 heavy (non-hydrogen) atoms. The van der Waals surface area contributed by atoms with E-state index in [9.17, 15) is 5.11 Å². The van der Waals surface area contributed by atoms with Gasteiger partial charge in [-0.1, -0.05) is 11.6 Å². The van der Waals surface area contributed by atoms with Crippen LogP contribution in [-0.2, 0) is 0 Å². The van der Waals surface area contributed by atoms with Crippen molar-refractivity contribution >= 4 is 5.71 Å². The maximum absolute atomic E-state index is 10.0. The molecule has 0 spiro atoms. The van der Waals surface area contributed by atoms with Crippen LogP contribution in [0.15, 0.2) is 5.16 Å². The highest BCUT2D eigenvalue weighted by molar-refractivity contribution is 5.86. The summed E-state index contributed by atoms with van der Waals surface area (Å²) >= 11 is 0. The van der Waals surface area contributed by atoms with Gasteiger partial charge in [0.2, 0.25) is 0 Å². The molecule has 0 aliphatic heterocycles. The Bertz CT molecular complexity index is 215. The van der Waals surface area contributed by atoms with Crippen LogP contribution >= 0.6 is 0 Å². The van der Waals surface area contributed by atoms with Crippen LogP contribution in [0.4, 0.5) is 0 Å². The SMILES string of the molecule is O/N=C1\C[C@H]2CCC[C@@](O)(C1)C2. The zero-order valence-electron chi connectivity index (χ0n) is 7.16. The van der Waals surface area contributed by atoms with E-state index in [1.54, 1.807) is 0 Å². The molecule has 2 saturated carbocycles. The van der Waals surface area contributed by atoms with Crippen molar-refractivity contribution < 1.29 is 10.3 Å². The monoisotopic (exact) mass is 169 g/mol. The van der Waals surface area contributed by atoms with E-state index in [2.05, 4.69) is 5.16 Å². The van der Waals surface area contributed by atoms with Gasteiger partial charge in [-0.3, -0.25) is 0 Å². The number of nitrogens with zero attached hydrogens (tertiary/aromatic N) is 1. The second kappa shape index (κ2) is 2.73. The van der Waals surface area contributed by atoms with E-state index in [4.69, 9.17) is 5.21 Å². The zero-order valence-corrected chi connectivity index (χ0v) is 7.16. The molecular formula is C9H15NO2. The smallest absolute Gasteiger partial charge is 0.0703 e. The molecule has 3 nitrogen and oxygen atoms in total. The van der Waals surface area contributed by atoms with Crippen molar-refractivity contribution in [2.45, 2.75) is 44.1 Å². The van der Waals surface area contributed by atoms with Crippen LogP contribution in [0.5, 0.6) is 0 Å². The molecule has 2 aliphatic carbocycles. The summed E-state index contributed by atoms with van der Waals surface area (Å²) in [5.41, 5.74) is 0.247. The Morgan fingerprint density at radius 3 is 3.00 bits per heavy atom. The fourth-order valence-corrected chi connectivity index (χ4v) is 2.66. The van der Waals surface area contributed by atoms with E-state index in [1.165, 1.54) is 6.42 Å². The Balaban J connectivity index is 2.15. The van der Waals surface area contributed by atoms with Crippen molar-refractivity contribution in [1.82, 2.24) is 0 Å². The van der Waals surface area contributed by atoms with E-state index >= 15 is 0 Å². The number of oxime groups is 1. The van der Waals surface area contributed by atoms with E-state index in [0.29, 0.717) is 12.3 Å². The third-order valence-corrected chi connectivity index (χ3v) is 3.12. The molecule has 0 aromatic heterocycles. The predicted octanol–water partition coefficient (Wildman–Crippen LogP) is 1.53. The molecule has 0 radical (unpaired) electrons. The van der Waals surface area contributed by atoms with Crippen LogP contribution in [0, 0.1) is 5.92 Å². The van der Waals surface area contributed by atoms with Gasteiger partial charge in [0.25, 0.3) is 0 Å². The highest BCUT2D eigenvalue weighted by atomic mass is 16.4. The minimum Gasteiger partial charge on any atom is -0.411 e. The lowest BCUT2D eigenvalue weighted by Crippen LogP contribution is -2.42. The predicted molar refractivity (Wildman–Crippen MR) is 45.4 cm³/mol. The van der Waals surface area contributed by atoms with E-state index in [1.807, 2.05) is 0 Å². The van der Waals surface area contributed by atoms with Gasteiger partial charge in [0.1, 0.15) is 0 Å². The number of hydrogen-bond donors (Lipinski definition) is 2. The molecule has 2 bridgehead atoms. The summed E-state index contributed by atoms with van der Waals surface area (Å²) in [6.07, 6.45) is 5.56. The summed E-state index contributed by atoms with van der Waals surface area (Å²) in [5, 5.41) is 21.9. The minimum atomic E-state index is -0.539. The van der Waals surface area contributed by atoms with Crippen molar-refractivity contribution in [3.8, 4) is 0 Å². The van der Waals surface area contributed by atoms with Gasteiger partial charge in [-0.15, -0.1) is 0 Å². The standard InChI is InChI=1S/C9H15NO2/c11-9-3-1-2-7(5-9)4-8(6-9)10-12/h7,11-12H,1-6H2/b10-8+/t7-,9+/m1/s1. The normalized spacial score (nSPS) is 44.8. The Labute approximate surface area is 72.1 Å². The van der Waals surface area contributed by atoms with Crippen molar-refractivity contribution in [2.75, 3.05) is 0 Å². The molecule has 2 fully saturated rings. The molecule has 2 aliphatic rings. The first-order valence-corrected chi connectivity index (χ1v) is 4.64. The Hall–Kier alpha value is -0.570. The van der Waals surface area contributed by atoms with E-state index < -0.39 is 5.60 Å². The molecule has 2 rings (SSSR count). The Kier molecular flexibility index (Phi) is 1.83. The molecule has 2 atom stereocenters. The van der Waals surface area contributed by atoms with Gasteiger partial charge in [0.05, 0.1) is 11.3 Å². The second-order valence-corrected chi connectivity index (χ2v) is 4.23. The third kappa shape index (κ3) is 1.33. The Morgan fingerprint density at radius 2 is 2.33 bits per heavy atom. The fourth-order valence-electron chi connectivity index (χ4n) is 2.66. The van der Waals surface area contributed by atoms with Crippen LogP contribution in [0.3, 0.4) is 0 Å². The first-order valence-electron chi connectivity index (χ1n) is 4.64. The molecule has 0 aromatic rings. The lowest BCUT2D eigenvalue weighted by molar-refractivity contribution is -0.0189. The first-order chi connectivity index (χ1) is 5.72. The van der Waals surface area contributed by atoms with Gasteiger partial charge in [0.15, 0.2) is 0 Å². The van der Waals surface area contributed by atoms with Crippen molar-refractivity contribution in [3.05, 3.63) is 0 Å². The van der Waals surface area contributed by atoms with Crippen molar-refractivity contribution in [2.24, 2.45) is 11.1 Å². The van der Waals surface area contributed by atoms with Crippen LogP contribution in [0.1, 0.15) is 38.5 Å². The molecular weight excluding hydrogens is 154 g/mol. The first kappa shape index (κ1) is 8.05. The summed E-state index contributed by atoms with van der Waals surface area (Å²) in [5.74, 6) is 0.559. The number of aliphatic hydroxyl groups is 1.